The number of hydrogen-bond donors (Lipinski definition) is 1. The maximum atomic E-state index is 12.5. The van der Waals surface area contributed by atoms with E-state index in [1.165, 1.54) is 0 Å². The molecule has 26 heavy (non-hydrogen) atoms. The van der Waals surface area contributed by atoms with Crippen LogP contribution in [0.25, 0.3) is 5.65 Å². The molecule has 0 radical (unpaired) electrons. The lowest BCUT2D eigenvalue weighted by Gasteiger charge is -2.18. The molecule has 2 amide bonds. The zero-order chi connectivity index (χ0) is 18.7. The average Bonchev–Trinajstić information content (AvgIpc) is 3.09. The van der Waals surface area contributed by atoms with E-state index >= 15 is 0 Å². The number of hydrogen-bond acceptors (Lipinski definition) is 3. The van der Waals surface area contributed by atoms with Gasteiger partial charge in [0, 0.05) is 36.2 Å². The van der Waals surface area contributed by atoms with Gasteiger partial charge >= 0.3 is 0 Å². The van der Waals surface area contributed by atoms with Gasteiger partial charge in [0.1, 0.15) is 11.3 Å². The number of carbonyl (C=O) groups is 2. The van der Waals surface area contributed by atoms with E-state index in [-0.39, 0.29) is 11.8 Å². The van der Waals surface area contributed by atoms with E-state index in [4.69, 9.17) is 0 Å². The quantitative estimate of drug-likeness (QED) is 0.767. The van der Waals surface area contributed by atoms with Crippen molar-refractivity contribution in [1.82, 2.24) is 14.3 Å². The minimum Gasteiger partial charge on any atom is -0.339 e. The minimum atomic E-state index is -0.305. The molecule has 0 aliphatic heterocycles. The van der Waals surface area contributed by atoms with Crippen molar-refractivity contribution in [2.75, 3.05) is 18.4 Å². The van der Waals surface area contributed by atoms with Gasteiger partial charge in [-0.1, -0.05) is 12.1 Å². The summed E-state index contributed by atoms with van der Waals surface area (Å²) in [5.41, 5.74) is 3.18. The first-order chi connectivity index (χ1) is 12.5. The van der Waals surface area contributed by atoms with Crippen molar-refractivity contribution in [3.05, 3.63) is 65.6 Å². The summed E-state index contributed by atoms with van der Waals surface area (Å²) < 4.78 is 1.87. The fourth-order valence-corrected chi connectivity index (χ4v) is 2.88. The Hall–Kier alpha value is -3.15. The highest BCUT2D eigenvalue weighted by Crippen LogP contribution is 2.15. The number of benzene rings is 1. The van der Waals surface area contributed by atoms with E-state index in [1.807, 2.05) is 43.4 Å². The predicted octanol–water partition coefficient (Wildman–Crippen LogP) is 3.38. The van der Waals surface area contributed by atoms with Crippen LogP contribution in [-0.4, -0.2) is 39.2 Å². The van der Waals surface area contributed by atoms with Gasteiger partial charge in [-0.05, 0) is 51.1 Å². The molecule has 3 rings (SSSR count). The van der Waals surface area contributed by atoms with Crippen molar-refractivity contribution >= 4 is 23.1 Å². The first-order valence-electron chi connectivity index (χ1n) is 8.69. The molecule has 1 N–H and O–H groups in total. The van der Waals surface area contributed by atoms with Gasteiger partial charge in [0.15, 0.2) is 0 Å². The third-order valence-electron chi connectivity index (χ3n) is 4.35. The van der Waals surface area contributed by atoms with Crippen molar-refractivity contribution < 1.29 is 9.59 Å². The first-order valence-corrected chi connectivity index (χ1v) is 8.69. The Morgan fingerprint density at radius 1 is 1.12 bits per heavy atom. The second-order valence-electron chi connectivity index (χ2n) is 6.03. The number of aromatic nitrogens is 2. The van der Waals surface area contributed by atoms with Crippen molar-refractivity contribution in [2.45, 2.75) is 20.8 Å². The minimum absolute atomic E-state index is 0.0468. The molecule has 0 bridgehead atoms. The Balaban J connectivity index is 1.82. The Kier molecular flexibility index (Phi) is 5.02. The number of aryl methyl sites for hydroxylation is 1. The van der Waals surface area contributed by atoms with Crippen molar-refractivity contribution in [2.24, 2.45) is 0 Å². The van der Waals surface area contributed by atoms with Gasteiger partial charge in [0.05, 0.1) is 0 Å². The summed E-state index contributed by atoms with van der Waals surface area (Å²) in [6.45, 7) is 7.13. The Labute approximate surface area is 152 Å². The maximum Gasteiger partial charge on any atom is 0.275 e. The Morgan fingerprint density at radius 3 is 2.54 bits per heavy atom. The van der Waals surface area contributed by atoms with E-state index in [2.05, 4.69) is 10.3 Å². The third-order valence-corrected chi connectivity index (χ3v) is 4.35. The van der Waals surface area contributed by atoms with Crippen LogP contribution in [0, 0.1) is 6.92 Å². The molecular weight excluding hydrogens is 328 g/mol. The van der Waals surface area contributed by atoms with Crippen LogP contribution in [-0.2, 0) is 0 Å². The number of anilines is 1. The van der Waals surface area contributed by atoms with Crippen LogP contribution < -0.4 is 5.32 Å². The number of fused-ring (bicyclic) bond motifs is 1. The molecule has 0 aliphatic rings. The second-order valence-corrected chi connectivity index (χ2v) is 6.03. The Bertz CT molecular complexity index is 957. The molecule has 3 aromatic rings. The predicted molar refractivity (Wildman–Crippen MR) is 102 cm³/mol. The topological polar surface area (TPSA) is 66.7 Å². The summed E-state index contributed by atoms with van der Waals surface area (Å²) in [5.74, 6) is -0.352. The summed E-state index contributed by atoms with van der Waals surface area (Å²) in [6.07, 6.45) is 1.71. The van der Waals surface area contributed by atoms with Gasteiger partial charge in [-0.15, -0.1) is 0 Å². The van der Waals surface area contributed by atoms with E-state index in [0.717, 1.165) is 11.3 Å². The van der Waals surface area contributed by atoms with Gasteiger partial charge in [-0.3, -0.25) is 9.59 Å². The highest BCUT2D eigenvalue weighted by atomic mass is 16.2. The van der Waals surface area contributed by atoms with E-state index in [1.54, 1.807) is 35.4 Å². The van der Waals surface area contributed by atoms with Crippen LogP contribution in [0.3, 0.4) is 0 Å². The molecule has 0 fully saturated rings. The standard InChI is InChI=1S/C20H22N4O2/c1-4-23(5-2)20(26)15-9-7-10-16(12-15)21-19(25)17-13-24-14(3)8-6-11-18(24)22-17/h6-13H,4-5H2,1-3H3,(H,21,25). The third kappa shape index (κ3) is 3.44. The van der Waals surface area contributed by atoms with Crippen molar-refractivity contribution in [1.29, 1.82) is 0 Å². The molecule has 6 heteroatoms. The van der Waals surface area contributed by atoms with Crippen molar-refractivity contribution in [3.63, 3.8) is 0 Å². The van der Waals surface area contributed by atoms with E-state index in [9.17, 15) is 9.59 Å². The molecule has 0 aliphatic carbocycles. The molecule has 0 unspecified atom stereocenters. The number of rotatable bonds is 5. The summed E-state index contributed by atoms with van der Waals surface area (Å²) in [5, 5.41) is 2.82. The molecular formula is C20H22N4O2. The number of nitrogens with one attached hydrogen (secondary N) is 1. The van der Waals surface area contributed by atoms with Gasteiger partial charge in [0.25, 0.3) is 11.8 Å². The van der Waals surface area contributed by atoms with Crippen LogP contribution in [0.2, 0.25) is 0 Å². The van der Waals surface area contributed by atoms with Gasteiger partial charge in [-0.2, -0.15) is 0 Å². The maximum absolute atomic E-state index is 12.5. The van der Waals surface area contributed by atoms with Crippen molar-refractivity contribution in [3.8, 4) is 0 Å². The number of nitrogens with zero attached hydrogens (tertiary/aromatic N) is 3. The largest absolute Gasteiger partial charge is 0.339 e. The van der Waals surface area contributed by atoms with Crippen LogP contribution >= 0.6 is 0 Å². The zero-order valence-corrected chi connectivity index (χ0v) is 15.2. The fraction of sp³-hybridized carbons (Fsp3) is 0.250. The SMILES string of the molecule is CCN(CC)C(=O)c1cccc(NC(=O)c2cn3c(C)cccc3n2)c1. The highest BCUT2D eigenvalue weighted by molar-refractivity contribution is 6.04. The zero-order valence-electron chi connectivity index (χ0n) is 15.2. The lowest BCUT2D eigenvalue weighted by atomic mass is 10.1. The summed E-state index contributed by atoms with van der Waals surface area (Å²) in [6, 6.07) is 12.7. The number of carbonyl (C=O) groups excluding carboxylic acids is 2. The summed E-state index contributed by atoms with van der Waals surface area (Å²) in [7, 11) is 0. The molecule has 0 spiro atoms. The van der Waals surface area contributed by atoms with Gasteiger partial charge < -0.3 is 14.6 Å². The number of pyridine rings is 1. The van der Waals surface area contributed by atoms with Crippen LogP contribution in [0.4, 0.5) is 5.69 Å². The van der Waals surface area contributed by atoms with E-state index < -0.39 is 0 Å². The van der Waals surface area contributed by atoms with Crippen LogP contribution in [0.1, 0.15) is 40.4 Å². The van der Waals surface area contributed by atoms with Gasteiger partial charge in [0.2, 0.25) is 0 Å². The molecule has 2 heterocycles. The molecule has 0 atom stereocenters. The number of amides is 2. The van der Waals surface area contributed by atoms with Crippen LogP contribution in [0.5, 0.6) is 0 Å². The molecule has 0 saturated carbocycles. The van der Waals surface area contributed by atoms with Crippen LogP contribution in [0.15, 0.2) is 48.7 Å². The summed E-state index contributed by atoms with van der Waals surface area (Å²) in [4.78, 5) is 31.1. The van der Waals surface area contributed by atoms with E-state index in [0.29, 0.717) is 30.0 Å². The normalized spacial score (nSPS) is 10.7. The molecule has 0 saturated heterocycles. The lowest BCUT2D eigenvalue weighted by molar-refractivity contribution is 0.0772. The molecule has 2 aromatic heterocycles. The Morgan fingerprint density at radius 2 is 1.85 bits per heavy atom. The smallest absolute Gasteiger partial charge is 0.275 e. The summed E-state index contributed by atoms with van der Waals surface area (Å²) >= 11 is 0. The fourth-order valence-electron chi connectivity index (χ4n) is 2.88. The lowest BCUT2D eigenvalue weighted by Crippen LogP contribution is -2.30. The second kappa shape index (κ2) is 7.39. The molecule has 6 nitrogen and oxygen atoms in total. The molecule has 1 aromatic carbocycles. The highest BCUT2D eigenvalue weighted by Gasteiger charge is 2.15. The molecule has 134 valence electrons. The first kappa shape index (κ1) is 17.7. The van der Waals surface area contributed by atoms with Gasteiger partial charge in [-0.25, -0.2) is 4.98 Å². The average molecular weight is 350 g/mol. The monoisotopic (exact) mass is 350 g/mol. The number of imidazole rings is 1.